The molecule has 21 heavy (non-hydrogen) atoms. The summed E-state index contributed by atoms with van der Waals surface area (Å²) in [5.74, 6) is 0. The Kier molecular flexibility index (Phi) is 10.8. The van der Waals surface area contributed by atoms with Gasteiger partial charge in [-0.05, 0) is 39.7 Å². The smallest absolute Gasteiger partial charge is 0.371 e. The van der Waals surface area contributed by atoms with E-state index in [1.807, 2.05) is 0 Å². The third-order valence-electron chi connectivity index (χ3n) is 3.86. The van der Waals surface area contributed by atoms with Crippen molar-refractivity contribution >= 4 is 14.6 Å². The van der Waals surface area contributed by atoms with E-state index in [1.54, 1.807) is 0 Å². The molecule has 1 saturated heterocycles. The highest BCUT2D eigenvalue weighted by Gasteiger charge is 2.59. The quantitative estimate of drug-likeness (QED) is 0.421. The molecular weight excluding hydrogens is 286 g/mol. The molecule has 1 fully saturated rings. The fourth-order valence-electron chi connectivity index (χ4n) is 3.35. The van der Waals surface area contributed by atoms with E-state index < -0.39 is 8.56 Å². The predicted molar refractivity (Wildman–Crippen MR) is 85.3 cm³/mol. The second-order valence-corrected chi connectivity index (χ2v) is 8.60. The minimum Gasteiger partial charge on any atom is -0.393 e. The van der Waals surface area contributed by atoms with Gasteiger partial charge >= 0.3 is 8.56 Å². The lowest BCUT2D eigenvalue weighted by Crippen LogP contribution is -2.66. The summed E-state index contributed by atoms with van der Waals surface area (Å²) in [6.45, 7) is 10.7. The van der Waals surface area contributed by atoms with Gasteiger partial charge in [-0.2, -0.15) is 0 Å². The zero-order valence-corrected chi connectivity index (χ0v) is 15.0. The molecule has 124 valence electrons. The van der Waals surface area contributed by atoms with Crippen LogP contribution < -0.4 is 0 Å². The van der Waals surface area contributed by atoms with E-state index in [2.05, 4.69) is 27.7 Å². The lowest BCUT2D eigenvalue weighted by molar-refractivity contribution is -0.0458. The lowest BCUT2D eigenvalue weighted by Gasteiger charge is -2.49. The largest absolute Gasteiger partial charge is 0.393 e. The molecule has 5 nitrogen and oxygen atoms in total. The van der Waals surface area contributed by atoms with Crippen LogP contribution in [0.15, 0.2) is 0 Å². The molecule has 1 unspecified atom stereocenters. The maximum Gasteiger partial charge on any atom is 0.371 e. The number of hydrogen-bond acceptors (Lipinski definition) is 5. The van der Waals surface area contributed by atoms with E-state index in [-0.39, 0.29) is 5.22 Å². The van der Waals surface area contributed by atoms with Crippen LogP contribution in [0.3, 0.4) is 0 Å². The van der Waals surface area contributed by atoms with Crippen LogP contribution in [0.2, 0.25) is 6.04 Å². The van der Waals surface area contributed by atoms with E-state index in [0.29, 0.717) is 0 Å². The van der Waals surface area contributed by atoms with E-state index in [0.717, 1.165) is 51.2 Å². The number of rotatable bonds is 8. The van der Waals surface area contributed by atoms with E-state index >= 15 is 0 Å². The highest BCUT2D eigenvalue weighted by molar-refractivity contribution is 6.70. The first-order valence-electron chi connectivity index (χ1n) is 8.07. The molecule has 6 heteroatoms. The summed E-state index contributed by atoms with van der Waals surface area (Å²) in [4.78, 5) is 8.35. The Labute approximate surface area is 130 Å². The maximum absolute atomic E-state index is 8.35. The van der Waals surface area contributed by atoms with Crippen LogP contribution in [0.5, 0.6) is 0 Å². The van der Waals surface area contributed by atoms with Crippen molar-refractivity contribution in [1.29, 1.82) is 5.41 Å². The van der Waals surface area contributed by atoms with Gasteiger partial charge in [0.2, 0.25) is 6.08 Å². The van der Waals surface area contributed by atoms with Crippen molar-refractivity contribution in [2.45, 2.75) is 71.1 Å². The molecule has 0 saturated carbocycles. The van der Waals surface area contributed by atoms with E-state index in [1.165, 1.54) is 12.8 Å². The minimum atomic E-state index is -2.23. The zero-order chi connectivity index (χ0) is 16.2. The molecule has 0 aromatic rings. The number of nitrogens with one attached hydrogen (secondary N) is 1. The highest BCUT2D eigenvalue weighted by atomic mass is 28.4. The third-order valence-corrected chi connectivity index (χ3v) is 8.41. The summed E-state index contributed by atoms with van der Waals surface area (Å²) in [6, 6.07) is 1.09. The fourth-order valence-corrected chi connectivity index (χ4v) is 7.91. The van der Waals surface area contributed by atoms with Crippen LogP contribution in [0, 0.1) is 5.41 Å². The molecule has 1 atom stereocenters. The highest BCUT2D eigenvalue weighted by Crippen LogP contribution is 2.43. The lowest BCUT2D eigenvalue weighted by atomic mass is 10.1. The van der Waals surface area contributed by atoms with Gasteiger partial charge < -0.3 is 13.6 Å². The first kappa shape index (κ1) is 20.5. The summed E-state index contributed by atoms with van der Waals surface area (Å²) in [5.41, 5.74) is 0. The van der Waals surface area contributed by atoms with E-state index in [9.17, 15) is 0 Å². The van der Waals surface area contributed by atoms with Crippen LogP contribution in [0.25, 0.3) is 0 Å². The number of carbonyl (C=O) groups excluding carboxylic acids is 1. The Hall–Kier alpha value is -0.523. The van der Waals surface area contributed by atoms with Crippen LogP contribution in [-0.4, -0.2) is 39.7 Å². The van der Waals surface area contributed by atoms with Crippen molar-refractivity contribution in [3.05, 3.63) is 0 Å². The van der Waals surface area contributed by atoms with Crippen molar-refractivity contribution in [2.75, 3.05) is 19.8 Å². The SMILES string of the molecule is CCCC1(OCC)CCCC[Si]1(OCC)OCC.N=C=O. The topological polar surface area (TPSA) is 68.6 Å². The average molecular weight is 318 g/mol. The number of isocyanates is 1. The van der Waals surface area contributed by atoms with Gasteiger partial charge in [-0.25, -0.2) is 10.2 Å². The first-order valence-corrected chi connectivity index (χ1v) is 10.1. The van der Waals surface area contributed by atoms with Gasteiger partial charge in [0.15, 0.2) is 0 Å². The molecule has 0 aromatic carbocycles. The molecule has 1 aliphatic heterocycles. The Morgan fingerprint density at radius 1 is 1.10 bits per heavy atom. The first-order chi connectivity index (χ1) is 10.1. The standard InChI is InChI=1S/C14H30O3Si.CHNO/c1-5-11-14(15-6-2)12-9-10-13-18(14,16-7-3)17-8-4;2-1-3/h5-13H2,1-4H3;2H. The summed E-state index contributed by atoms with van der Waals surface area (Å²) >= 11 is 0. The molecule has 1 heterocycles. The molecule has 1 rings (SSSR count). The van der Waals surface area contributed by atoms with Crippen molar-refractivity contribution in [2.24, 2.45) is 0 Å². The molecule has 0 aliphatic carbocycles. The summed E-state index contributed by atoms with van der Waals surface area (Å²) in [5, 5.41) is 5.29. The van der Waals surface area contributed by atoms with Crippen molar-refractivity contribution in [1.82, 2.24) is 0 Å². The normalized spacial score (nSPS) is 23.8. The molecule has 0 spiro atoms. The van der Waals surface area contributed by atoms with Crippen molar-refractivity contribution in [3.63, 3.8) is 0 Å². The van der Waals surface area contributed by atoms with Gasteiger partial charge in [0.1, 0.15) is 5.22 Å². The summed E-state index contributed by atoms with van der Waals surface area (Å²) in [7, 11) is -2.23. The van der Waals surface area contributed by atoms with Gasteiger partial charge in [-0.1, -0.05) is 26.2 Å². The van der Waals surface area contributed by atoms with Gasteiger partial charge in [-0.15, -0.1) is 0 Å². The Balaban J connectivity index is 0.00000122. The molecule has 0 aromatic heterocycles. The average Bonchev–Trinajstić information content (AvgIpc) is 2.44. The van der Waals surface area contributed by atoms with Gasteiger partial charge in [0.05, 0.1) is 0 Å². The molecule has 1 aliphatic rings. The Bertz CT molecular complexity index is 259. The molecule has 0 amide bonds. The zero-order valence-electron chi connectivity index (χ0n) is 14.0. The van der Waals surface area contributed by atoms with Crippen molar-refractivity contribution in [3.8, 4) is 0 Å². The Morgan fingerprint density at radius 2 is 1.67 bits per heavy atom. The van der Waals surface area contributed by atoms with Gasteiger partial charge in [0, 0.05) is 19.8 Å². The molecule has 0 bridgehead atoms. The number of ether oxygens (including phenoxy) is 1. The van der Waals surface area contributed by atoms with Crippen LogP contribution in [-0.2, 0) is 18.4 Å². The van der Waals surface area contributed by atoms with Crippen LogP contribution in [0.1, 0.15) is 59.8 Å². The Morgan fingerprint density at radius 3 is 2.10 bits per heavy atom. The molecule has 1 N–H and O–H groups in total. The summed E-state index contributed by atoms with van der Waals surface area (Å²) in [6.07, 6.45) is 6.54. The molecular formula is C15H31NO4Si. The predicted octanol–water partition coefficient (Wildman–Crippen LogP) is 3.70. The van der Waals surface area contributed by atoms with Crippen LogP contribution >= 0.6 is 0 Å². The van der Waals surface area contributed by atoms with Gasteiger partial charge in [0.25, 0.3) is 0 Å². The fraction of sp³-hybridized carbons (Fsp3) is 0.933. The second kappa shape index (κ2) is 11.1. The number of hydrogen-bond donors (Lipinski definition) is 1. The second-order valence-electron chi connectivity index (χ2n) is 5.11. The monoisotopic (exact) mass is 317 g/mol. The van der Waals surface area contributed by atoms with Crippen LogP contribution in [0.4, 0.5) is 0 Å². The van der Waals surface area contributed by atoms with E-state index in [4.69, 9.17) is 23.8 Å². The van der Waals surface area contributed by atoms with Crippen molar-refractivity contribution < 1.29 is 18.4 Å². The minimum absolute atomic E-state index is 0.110. The van der Waals surface area contributed by atoms with Gasteiger partial charge in [-0.3, -0.25) is 0 Å². The summed E-state index contributed by atoms with van der Waals surface area (Å²) < 4.78 is 18.7. The maximum atomic E-state index is 8.35. The third kappa shape index (κ3) is 5.31. The molecule has 0 radical (unpaired) electrons.